The van der Waals surface area contributed by atoms with Gasteiger partial charge in [0, 0.05) is 6.20 Å². The van der Waals surface area contributed by atoms with Gasteiger partial charge in [-0.15, -0.1) is 0 Å². The smallest absolute Gasteiger partial charge is 0.438 e. The molecule has 86 valence electrons. The van der Waals surface area contributed by atoms with Crippen LogP contribution in [0.1, 0.15) is 11.3 Å². The van der Waals surface area contributed by atoms with Gasteiger partial charge in [-0.2, -0.15) is 13.2 Å². The van der Waals surface area contributed by atoms with E-state index in [1.165, 1.54) is 17.7 Å². The average molecular weight is 230 g/mol. The Morgan fingerprint density at radius 3 is 2.62 bits per heavy atom. The molecule has 2 rings (SSSR count). The van der Waals surface area contributed by atoms with Gasteiger partial charge in [-0.3, -0.25) is 4.40 Å². The van der Waals surface area contributed by atoms with E-state index in [1.807, 2.05) is 0 Å². The quantitative estimate of drug-likeness (QED) is 0.752. The third-order valence-corrected chi connectivity index (χ3v) is 2.26. The molecule has 0 saturated heterocycles. The van der Waals surface area contributed by atoms with Crippen molar-refractivity contribution in [2.75, 3.05) is 7.11 Å². The zero-order valence-corrected chi connectivity index (χ0v) is 8.67. The second-order valence-corrected chi connectivity index (χ2v) is 3.35. The highest BCUT2D eigenvalue weighted by Gasteiger charge is 2.39. The van der Waals surface area contributed by atoms with Crippen LogP contribution in [0, 0.1) is 6.92 Å². The Morgan fingerprint density at radius 1 is 1.38 bits per heavy atom. The number of pyridine rings is 1. The predicted molar refractivity (Wildman–Crippen MR) is 51.5 cm³/mol. The van der Waals surface area contributed by atoms with Crippen LogP contribution in [0.4, 0.5) is 13.2 Å². The van der Waals surface area contributed by atoms with E-state index < -0.39 is 11.9 Å². The summed E-state index contributed by atoms with van der Waals surface area (Å²) in [5, 5.41) is 0. The Balaban J connectivity index is 2.81. The number of alkyl halides is 3. The fourth-order valence-corrected chi connectivity index (χ4v) is 1.56. The fourth-order valence-electron chi connectivity index (χ4n) is 1.56. The average Bonchev–Trinajstić information content (AvgIpc) is 2.57. The maximum Gasteiger partial charge on any atom is 0.438 e. The number of imidazole rings is 1. The van der Waals surface area contributed by atoms with Crippen molar-refractivity contribution in [3.8, 4) is 5.88 Å². The first kappa shape index (κ1) is 10.8. The van der Waals surface area contributed by atoms with Gasteiger partial charge < -0.3 is 4.74 Å². The van der Waals surface area contributed by atoms with Gasteiger partial charge in [0.1, 0.15) is 5.65 Å². The van der Waals surface area contributed by atoms with Crippen LogP contribution in [0.25, 0.3) is 5.65 Å². The highest BCUT2D eigenvalue weighted by atomic mass is 19.4. The minimum absolute atomic E-state index is 0.256. The highest BCUT2D eigenvalue weighted by molar-refractivity contribution is 5.52. The number of halogens is 3. The molecule has 3 nitrogen and oxygen atoms in total. The maximum atomic E-state index is 12.6. The summed E-state index contributed by atoms with van der Waals surface area (Å²) in [4.78, 5) is 3.57. The first-order valence-electron chi connectivity index (χ1n) is 4.54. The molecule has 0 amide bonds. The molecule has 2 aromatic heterocycles. The molecular weight excluding hydrogens is 221 g/mol. The molecule has 2 aromatic rings. The molecule has 0 aromatic carbocycles. The zero-order chi connectivity index (χ0) is 11.9. The number of hydrogen-bond acceptors (Lipinski definition) is 2. The molecule has 0 saturated carbocycles. The number of ether oxygens (including phenoxy) is 1. The van der Waals surface area contributed by atoms with Gasteiger partial charge in [-0.1, -0.05) is 6.07 Å². The summed E-state index contributed by atoms with van der Waals surface area (Å²) in [6.45, 7) is 1.70. The van der Waals surface area contributed by atoms with Gasteiger partial charge in [0.15, 0.2) is 0 Å². The van der Waals surface area contributed by atoms with Crippen LogP contribution in [0.5, 0.6) is 5.88 Å². The highest BCUT2D eigenvalue weighted by Crippen LogP contribution is 2.36. The summed E-state index contributed by atoms with van der Waals surface area (Å²) in [6.07, 6.45) is -3.02. The van der Waals surface area contributed by atoms with Gasteiger partial charge in [0.05, 0.1) is 7.11 Å². The third kappa shape index (κ3) is 1.50. The van der Waals surface area contributed by atoms with Gasteiger partial charge in [0.25, 0.3) is 0 Å². The lowest BCUT2D eigenvalue weighted by Crippen LogP contribution is -2.07. The lowest BCUT2D eigenvalue weighted by Gasteiger charge is -2.05. The molecule has 2 heterocycles. The summed E-state index contributed by atoms with van der Waals surface area (Å²) in [7, 11) is 1.20. The van der Waals surface area contributed by atoms with Crippen LogP contribution in [-0.4, -0.2) is 16.5 Å². The first-order chi connectivity index (χ1) is 7.45. The molecule has 6 heteroatoms. The maximum absolute atomic E-state index is 12.6. The van der Waals surface area contributed by atoms with Crippen molar-refractivity contribution in [3.63, 3.8) is 0 Å². The van der Waals surface area contributed by atoms with Crippen LogP contribution in [-0.2, 0) is 6.18 Å². The first-order valence-corrected chi connectivity index (χ1v) is 4.54. The monoisotopic (exact) mass is 230 g/mol. The summed E-state index contributed by atoms with van der Waals surface area (Å²) < 4.78 is 44.0. The van der Waals surface area contributed by atoms with Gasteiger partial charge in [-0.25, -0.2) is 4.98 Å². The summed E-state index contributed by atoms with van der Waals surface area (Å²) in [5.41, 5.74) is -0.0766. The second kappa shape index (κ2) is 3.40. The van der Waals surface area contributed by atoms with E-state index in [1.54, 1.807) is 19.1 Å². The molecule has 0 aliphatic rings. The van der Waals surface area contributed by atoms with Crippen LogP contribution < -0.4 is 4.74 Å². The minimum atomic E-state index is -4.51. The van der Waals surface area contributed by atoms with Crippen molar-refractivity contribution < 1.29 is 17.9 Å². The molecule has 0 spiro atoms. The number of aromatic nitrogens is 2. The normalized spacial score (nSPS) is 12.1. The molecule has 0 unspecified atom stereocenters. The second-order valence-electron chi connectivity index (χ2n) is 3.35. The summed E-state index contributed by atoms with van der Waals surface area (Å²) in [5.74, 6) is -0.286. The van der Waals surface area contributed by atoms with Crippen LogP contribution >= 0.6 is 0 Å². The van der Waals surface area contributed by atoms with Crippen LogP contribution in [0.3, 0.4) is 0 Å². The Morgan fingerprint density at radius 2 is 2.06 bits per heavy atom. The molecule has 0 aliphatic carbocycles. The lowest BCUT2D eigenvalue weighted by molar-refractivity contribution is -0.142. The molecule has 0 bridgehead atoms. The molecule has 0 fully saturated rings. The standard InChI is InChI=1S/C10H9F3N2O/c1-6-4-3-5-15-8(6)14-7(9(15)16-2)10(11,12)13/h3-5H,1-2H3. The van der Waals surface area contributed by atoms with Gasteiger partial charge in [-0.05, 0) is 18.6 Å². The van der Waals surface area contributed by atoms with Crippen molar-refractivity contribution in [1.82, 2.24) is 9.38 Å². The van der Waals surface area contributed by atoms with E-state index in [2.05, 4.69) is 4.98 Å². The number of aryl methyl sites for hydroxylation is 1. The van der Waals surface area contributed by atoms with Crippen molar-refractivity contribution >= 4 is 5.65 Å². The van der Waals surface area contributed by atoms with Crippen LogP contribution in [0.2, 0.25) is 0 Å². The summed E-state index contributed by atoms with van der Waals surface area (Å²) >= 11 is 0. The number of methoxy groups -OCH3 is 1. The molecule has 0 atom stereocenters. The van der Waals surface area contributed by atoms with Crippen molar-refractivity contribution in [1.29, 1.82) is 0 Å². The molecule has 16 heavy (non-hydrogen) atoms. The Bertz CT molecular complexity index is 531. The Kier molecular flexibility index (Phi) is 2.29. The van der Waals surface area contributed by atoms with Crippen molar-refractivity contribution in [2.24, 2.45) is 0 Å². The summed E-state index contributed by atoms with van der Waals surface area (Å²) in [6, 6.07) is 3.34. The third-order valence-electron chi connectivity index (χ3n) is 2.26. The minimum Gasteiger partial charge on any atom is -0.480 e. The lowest BCUT2D eigenvalue weighted by atomic mass is 10.3. The van der Waals surface area contributed by atoms with E-state index in [0.29, 0.717) is 5.56 Å². The van der Waals surface area contributed by atoms with E-state index >= 15 is 0 Å². The van der Waals surface area contributed by atoms with E-state index in [4.69, 9.17) is 4.74 Å². The van der Waals surface area contributed by atoms with E-state index in [9.17, 15) is 13.2 Å². The number of nitrogens with zero attached hydrogens (tertiary/aromatic N) is 2. The molecule has 0 aliphatic heterocycles. The van der Waals surface area contributed by atoms with Gasteiger partial charge in [0.2, 0.25) is 11.6 Å². The fraction of sp³-hybridized carbons (Fsp3) is 0.300. The zero-order valence-electron chi connectivity index (χ0n) is 8.67. The molecular formula is C10H9F3N2O. The molecule has 0 radical (unpaired) electrons. The largest absolute Gasteiger partial charge is 0.480 e. The number of fused-ring (bicyclic) bond motifs is 1. The van der Waals surface area contributed by atoms with Gasteiger partial charge >= 0.3 is 6.18 Å². The Labute approximate surface area is 89.5 Å². The van der Waals surface area contributed by atoms with Crippen LogP contribution in [0.15, 0.2) is 18.3 Å². The number of hydrogen-bond donors (Lipinski definition) is 0. The SMILES string of the molecule is COc1c(C(F)(F)F)nc2c(C)cccn12. The topological polar surface area (TPSA) is 26.5 Å². The van der Waals surface area contributed by atoms with E-state index in [-0.39, 0.29) is 11.5 Å². The van der Waals surface area contributed by atoms with E-state index in [0.717, 1.165) is 0 Å². The Hall–Kier alpha value is -1.72. The van der Waals surface area contributed by atoms with Crippen molar-refractivity contribution in [2.45, 2.75) is 13.1 Å². The van der Waals surface area contributed by atoms with Crippen molar-refractivity contribution in [3.05, 3.63) is 29.6 Å². The predicted octanol–water partition coefficient (Wildman–Crippen LogP) is 2.67. The molecule has 0 N–H and O–H groups in total. The number of rotatable bonds is 1.